The lowest BCUT2D eigenvalue weighted by atomic mass is 10.1. The average Bonchev–Trinajstić information content (AvgIpc) is 2.79. The summed E-state index contributed by atoms with van der Waals surface area (Å²) >= 11 is 0. The van der Waals surface area contributed by atoms with Gasteiger partial charge in [-0.05, 0) is 50.5 Å². The van der Waals surface area contributed by atoms with Gasteiger partial charge in [0.2, 0.25) is 5.91 Å². The highest BCUT2D eigenvalue weighted by molar-refractivity contribution is 6.01. The molecule has 6 heteroatoms. The largest absolute Gasteiger partial charge is 0.494 e. The first-order valence-electron chi connectivity index (χ1n) is 8.36. The van der Waals surface area contributed by atoms with Gasteiger partial charge in [-0.3, -0.25) is 9.59 Å². The quantitative estimate of drug-likeness (QED) is 0.880. The zero-order chi connectivity index (χ0) is 16.9. The molecule has 6 nitrogen and oxygen atoms in total. The molecule has 0 spiro atoms. The van der Waals surface area contributed by atoms with Crippen LogP contribution in [0.2, 0.25) is 0 Å². The van der Waals surface area contributed by atoms with Gasteiger partial charge in [0, 0.05) is 12.1 Å². The first-order chi connectivity index (χ1) is 11.7. The van der Waals surface area contributed by atoms with Crippen molar-refractivity contribution < 1.29 is 19.1 Å². The van der Waals surface area contributed by atoms with Gasteiger partial charge in [-0.2, -0.15) is 0 Å². The van der Waals surface area contributed by atoms with Crippen LogP contribution in [0.15, 0.2) is 23.8 Å². The normalized spacial score (nSPS) is 20.0. The first kappa shape index (κ1) is 16.4. The highest BCUT2D eigenvalue weighted by atomic mass is 16.5. The Hall–Kier alpha value is -2.50. The highest BCUT2D eigenvalue weighted by Gasteiger charge is 2.25. The molecule has 0 aliphatic carbocycles. The summed E-state index contributed by atoms with van der Waals surface area (Å²) in [5.74, 6) is 1.09. The number of fused-ring (bicyclic) bond motifs is 1. The van der Waals surface area contributed by atoms with Gasteiger partial charge in [0.05, 0.1) is 12.2 Å². The van der Waals surface area contributed by atoms with Gasteiger partial charge in [-0.25, -0.2) is 0 Å². The van der Waals surface area contributed by atoms with Gasteiger partial charge in [0.25, 0.3) is 5.91 Å². The maximum absolute atomic E-state index is 12.5. The van der Waals surface area contributed by atoms with E-state index in [4.69, 9.17) is 9.47 Å². The van der Waals surface area contributed by atoms with Crippen molar-refractivity contribution >= 4 is 17.9 Å². The van der Waals surface area contributed by atoms with E-state index in [-0.39, 0.29) is 18.4 Å². The summed E-state index contributed by atoms with van der Waals surface area (Å²) in [6.07, 6.45) is 4.32. The minimum absolute atomic E-state index is 0.114. The molecule has 2 aliphatic heterocycles. The molecule has 1 saturated heterocycles. The van der Waals surface area contributed by atoms with Crippen molar-refractivity contribution in [3.8, 4) is 11.5 Å². The van der Waals surface area contributed by atoms with Crippen molar-refractivity contribution in [2.45, 2.75) is 32.2 Å². The number of amides is 2. The van der Waals surface area contributed by atoms with Gasteiger partial charge in [-0.15, -0.1) is 0 Å². The number of ether oxygens (including phenoxy) is 2. The molecule has 3 rings (SSSR count). The lowest BCUT2D eigenvalue weighted by Crippen LogP contribution is -2.46. The van der Waals surface area contributed by atoms with Gasteiger partial charge >= 0.3 is 0 Å². The van der Waals surface area contributed by atoms with Crippen LogP contribution in [0.4, 0.5) is 0 Å². The maximum atomic E-state index is 12.5. The summed E-state index contributed by atoms with van der Waals surface area (Å²) in [4.78, 5) is 24.4. The van der Waals surface area contributed by atoms with Crippen molar-refractivity contribution in [3.63, 3.8) is 0 Å². The van der Waals surface area contributed by atoms with Gasteiger partial charge in [0.1, 0.15) is 24.1 Å². The minimum Gasteiger partial charge on any atom is -0.494 e. The van der Waals surface area contributed by atoms with Crippen molar-refractivity contribution in [1.29, 1.82) is 0 Å². The summed E-state index contributed by atoms with van der Waals surface area (Å²) in [5.41, 5.74) is 1.32. The molecule has 2 heterocycles. The monoisotopic (exact) mass is 330 g/mol. The molecule has 1 fully saturated rings. The fourth-order valence-corrected chi connectivity index (χ4v) is 2.87. The molecule has 0 bridgehead atoms. The highest BCUT2D eigenvalue weighted by Crippen LogP contribution is 2.30. The molecule has 2 N–H and O–H groups in total. The summed E-state index contributed by atoms with van der Waals surface area (Å²) in [7, 11) is 0. The molecular formula is C18H22N2O4. The average molecular weight is 330 g/mol. The van der Waals surface area contributed by atoms with E-state index < -0.39 is 6.04 Å². The van der Waals surface area contributed by atoms with Crippen molar-refractivity contribution in [2.24, 2.45) is 0 Å². The summed E-state index contributed by atoms with van der Waals surface area (Å²) in [6, 6.07) is 5.06. The molecule has 1 atom stereocenters. The third-order valence-corrected chi connectivity index (χ3v) is 4.14. The van der Waals surface area contributed by atoms with Crippen LogP contribution in [0.3, 0.4) is 0 Å². The molecule has 0 saturated carbocycles. The van der Waals surface area contributed by atoms with Crippen molar-refractivity contribution in [2.75, 3.05) is 19.8 Å². The molecule has 128 valence electrons. The van der Waals surface area contributed by atoms with E-state index in [1.807, 2.05) is 25.1 Å². The predicted molar refractivity (Wildman–Crippen MR) is 89.9 cm³/mol. The zero-order valence-electron chi connectivity index (χ0n) is 13.8. The Morgan fingerprint density at radius 3 is 3.12 bits per heavy atom. The van der Waals surface area contributed by atoms with Crippen LogP contribution in [0, 0.1) is 0 Å². The second-order valence-corrected chi connectivity index (χ2v) is 5.90. The lowest BCUT2D eigenvalue weighted by molar-refractivity contribution is -0.127. The molecule has 0 unspecified atom stereocenters. The van der Waals surface area contributed by atoms with Gasteiger partial charge in [0.15, 0.2) is 0 Å². The third-order valence-electron chi connectivity index (χ3n) is 4.14. The van der Waals surface area contributed by atoms with Crippen LogP contribution in [0.1, 0.15) is 31.7 Å². The van der Waals surface area contributed by atoms with E-state index in [1.54, 1.807) is 6.08 Å². The van der Waals surface area contributed by atoms with Gasteiger partial charge < -0.3 is 20.1 Å². The first-order valence-corrected chi connectivity index (χ1v) is 8.36. The summed E-state index contributed by atoms with van der Waals surface area (Å²) < 4.78 is 11.1. The van der Waals surface area contributed by atoms with E-state index in [1.165, 1.54) is 0 Å². The number of benzene rings is 1. The van der Waals surface area contributed by atoms with E-state index >= 15 is 0 Å². The number of rotatable bonds is 4. The molecule has 1 aromatic rings. The number of nitrogens with one attached hydrogen (secondary N) is 2. The van der Waals surface area contributed by atoms with Gasteiger partial charge in [-0.1, -0.05) is 0 Å². The molecule has 2 amide bonds. The van der Waals surface area contributed by atoms with Crippen molar-refractivity contribution in [1.82, 2.24) is 10.6 Å². The standard InChI is InChI=1S/C18H22N2O4/c1-2-23-14-6-7-16-12(10-14)9-13(11-24-16)17(21)20-15-5-3-4-8-19-18(15)22/h6-7,9-10,15H,2-5,8,11H2,1H3,(H,19,22)(H,20,21)/t15-/m1/s1. The summed E-state index contributed by atoms with van der Waals surface area (Å²) in [6.45, 7) is 3.36. The summed E-state index contributed by atoms with van der Waals surface area (Å²) in [5, 5.41) is 5.64. The second kappa shape index (κ2) is 7.38. The minimum atomic E-state index is -0.475. The van der Waals surface area contributed by atoms with Crippen LogP contribution in [0.5, 0.6) is 11.5 Å². The number of carbonyl (C=O) groups excluding carboxylic acids is 2. The number of hydrogen-bond donors (Lipinski definition) is 2. The molecule has 24 heavy (non-hydrogen) atoms. The van der Waals surface area contributed by atoms with E-state index in [2.05, 4.69) is 10.6 Å². The molecule has 0 aromatic heterocycles. The third kappa shape index (κ3) is 3.69. The number of carbonyl (C=O) groups is 2. The Labute approximate surface area is 141 Å². The lowest BCUT2D eigenvalue weighted by Gasteiger charge is -2.20. The second-order valence-electron chi connectivity index (χ2n) is 5.90. The molecular weight excluding hydrogens is 308 g/mol. The maximum Gasteiger partial charge on any atom is 0.251 e. The Bertz CT molecular complexity index is 669. The predicted octanol–water partition coefficient (Wildman–Crippen LogP) is 1.65. The van der Waals surface area contributed by atoms with E-state index in [9.17, 15) is 9.59 Å². The van der Waals surface area contributed by atoms with E-state index in [0.29, 0.717) is 25.1 Å². The van der Waals surface area contributed by atoms with Crippen LogP contribution >= 0.6 is 0 Å². The van der Waals surface area contributed by atoms with Crippen LogP contribution in [-0.4, -0.2) is 37.6 Å². The van der Waals surface area contributed by atoms with Crippen molar-refractivity contribution in [3.05, 3.63) is 29.3 Å². The molecule has 1 aromatic carbocycles. The molecule has 0 radical (unpaired) electrons. The Kier molecular flexibility index (Phi) is 5.03. The zero-order valence-corrected chi connectivity index (χ0v) is 13.8. The fraction of sp³-hybridized carbons (Fsp3) is 0.444. The SMILES string of the molecule is CCOc1ccc2c(c1)C=C(C(=O)N[C@@H]1CCCCNC1=O)CO2. The topological polar surface area (TPSA) is 76.7 Å². The smallest absolute Gasteiger partial charge is 0.251 e. The molecule has 2 aliphatic rings. The fourth-order valence-electron chi connectivity index (χ4n) is 2.87. The Morgan fingerprint density at radius 2 is 2.29 bits per heavy atom. The Balaban J connectivity index is 1.73. The number of hydrogen-bond acceptors (Lipinski definition) is 4. The van der Waals surface area contributed by atoms with E-state index in [0.717, 1.165) is 29.9 Å². The van der Waals surface area contributed by atoms with Crippen LogP contribution in [-0.2, 0) is 9.59 Å². The van der Waals surface area contributed by atoms with Crippen LogP contribution in [0.25, 0.3) is 6.08 Å². The van der Waals surface area contributed by atoms with Crippen LogP contribution < -0.4 is 20.1 Å². The Morgan fingerprint density at radius 1 is 1.42 bits per heavy atom.